The molecular weight excluding hydrogens is 345 g/mol. The molecule has 5 heteroatoms. The van der Waals surface area contributed by atoms with Crippen LogP contribution in [0.2, 0.25) is 10.0 Å². The molecule has 2 aromatic rings. The minimum Gasteiger partial charge on any atom is -0.495 e. The summed E-state index contributed by atoms with van der Waals surface area (Å²) in [6.45, 7) is 6.36. The van der Waals surface area contributed by atoms with Gasteiger partial charge in [-0.3, -0.25) is 4.79 Å². The highest BCUT2D eigenvalue weighted by molar-refractivity contribution is 6.35. The van der Waals surface area contributed by atoms with Crippen LogP contribution < -0.4 is 10.1 Å². The lowest BCUT2D eigenvalue weighted by Gasteiger charge is -2.21. The largest absolute Gasteiger partial charge is 0.495 e. The third-order valence-electron chi connectivity index (χ3n) is 3.71. The van der Waals surface area contributed by atoms with Crippen molar-refractivity contribution in [1.29, 1.82) is 0 Å². The van der Waals surface area contributed by atoms with Crippen LogP contribution in [0.3, 0.4) is 0 Å². The zero-order chi connectivity index (χ0) is 17.9. The maximum absolute atomic E-state index is 12.4. The molecule has 3 nitrogen and oxygen atoms in total. The molecule has 0 fully saturated rings. The van der Waals surface area contributed by atoms with E-state index < -0.39 is 0 Å². The minimum atomic E-state index is -0.163. The topological polar surface area (TPSA) is 38.3 Å². The van der Waals surface area contributed by atoms with E-state index in [1.807, 2.05) is 18.2 Å². The van der Waals surface area contributed by atoms with E-state index >= 15 is 0 Å². The molecule has 0 aliphatic carbocycles. The number of benzene rings is 2. The molecular formula is C19H21Cl2NO2. The molecule has 0 bridgehead atoms. The number of carbonyl (C=O) groups is 1. The lowest BCUT2D eigenvalue weighted by atomic mass is 9.87. The summed E-state index contributed by atoms with van der Waals surface area (Å²) in [5.74, 6) is 0.460. The molecule has 24 heavy (non-hydrogen) atoms. The Balaban J connectivity index is 2.21. The average Bonchev–Trinajstić information content (AvgIpc) is 2.49. The molecule has 0 aliphatic heterocycles. The zero-order valence-corrected chi connectivity index (χ0v) is 15.8. The first-order chi connectivity index (χ1) is 11.2. The predicted octanol–water partition coefficient (Wildman–Crippen LogP) is 5.48. The van der Waals surface area contributed by atoms with E-state index in [4.69, 9.17) is 27.9 Å². The van der Waals surface area contributed by atoms with Gasteiger partial charge in [0.15, 0.2) is 0 Å². The molecule has 0 saturated heterocycles. The molecule has 0 heterocycles. The second-order valence-electron chi connectivity index (χ2n) is 6.63. The number of methoxy groups -OCH3 is 1. The Morgan fingerprint density at radius 1 is 1.12 bits per heavy atom. The van der Waals surface area contributed by atoms with Crippen molar-refractivity contribution < 1.29 is 9.53 Å². The molecule has 2 aromatic carbocycles. The van der Waals surface area contributed by atoms with Crippen LogP contribution in [0.4, 0.5) is 5.69 Å². The Labute approximate surface area is 152 Å². The highest BCUT2D eigenvalue weighted by atomic mass is 35.5. The predicted molar refractivity (Wildman–Crippen MR) is 100 cm³/mol. The number of nitrogens with one attached hydrogen (secondary N) is 1. The van der Waals surface area contributed by atoms with Gasteiger partial charge in [-0.15, -0.1) is 0 Å². The van der Waals surface area contributed by atoms with E-state index in [1.165, 1.54) is 0 Å². The van der Waals surface area contributed by atoms with Gasteiger partial charge in [0.25, 0.3) is 0 Å². The highest BCUT2D eigenvalue weighted by Gasteiger charge is 2.17. The molecule has 0 saturated carbocycles. The van der Waals surface area contributed by atoms with E-state index in [1.54, 1.807) is 25.3 Å². The van der Waals surface area contributed by atoms with Crippen molar-refractivity contribution >= 4 is 34.8 Å². The third kappa shape index (κ3) is 4.65. The van der Waals surface area contributed by atoms with Crippen LogP contribution in [-0.4, -0.2) is 13.0 Å². The number of carbonyl (C=O) groups excluding carboxylic acids is 1. The lowest BCUT2D eigenvalue weighted by Crippen LogP contribution is -2.17. The fourth-order valence-corrected chi connectivity index (χ4v) is 2.78. The minimum absolute atomic E-state index is 0.0226. The number of rotatable bonds is 4. The monoisotopic (exact) mass is 365 g/mol. The molecule has 1 amide bonds. The van der Waals surface area contributed by atoms with Crippen LogP contribution in [0.15, 0.2) is 36.4 Å². The van der Waals surface area contributed by atoms with Crippen molar-refractivity contribution in [2.45, 2.75) is 32.6 Å². The van der Waals surface area contributed by atoms with Gasteiger partial charge < -0.3 is 10.1 Å². The van der Waals surface area contributed by atoms with Crippen LogP contribution in [0.1, 0.15) is 31.9 Å². The summed E-state index contributed by atoms with van der Waals surface area (Å²) in [6.07, 6.45) is 0.166. The van der Waals surface area contributed by atoms with Crippen LogP contribution in [0.25, 0.3) is 0 Å². The van der Waals surface area contributed by atoms with E-state index in [-0.39, 0.29) is 17.7 Å². The van der Waals surface area contributed by atoms with Crippen LogP contribution in [-0.2, 0) is 16.6 Å². The third-order valence-corrected chi connectivity index (χ3v) is 4.29. The molecule has 1 N–H and O–H groups in total. The summed E-state index contributed by atoms with van der Waals surface area (Å²) in [5.41, 5.74) is 2.47. The van der Waals surface area contributed by atoms with E-state index in [0.717, 1.165) is 11.1 Å². The van der Waals surface area contributed by atoms with Crippen LogP contribution >= 0.6 is 23.2 Å². The first-order valence-electron chi connectivity index (χ1n) is 7.63. The summed E-state index contributed by atoms with van der Waals surface area (Å²) in [5, 5.41) is 3.93. The Bertz CT molecular complexity index is 752. The molecule has 0 aliphatic rings. The van der Waals surface area contributed by atoms with Gasteiger partial charge in [0.2, 0.25) is 5.91 Å². The Kier molecular flexibility index (Phi) is 5.79. The van der Waals surface area contributed by atoms with Crippen molar-refractivity contribution in [3.05, 3.63) is 57.6 Å². The fourth-order valence-electron chi connectivity index (χ4n) is 2.30. The summed E-state index contributed by atoms with van der Waals surface area (Å²) >= 11 is 12.0. The standard InChI is InChI=1S/C19H21Cl2NO2/c1-19(2,3)13-6-8-17(24-4)16(10-13)22-18(23)9-12-5-7-14(20)11-15(12)21/h5-8,10-11H,9H2,1-4H3,(H,22,23). The number of anilines is 1. The van der Waals surface area contributed by atoms with Gasteiger partial charge in [-0.25, -0.2) is 0 Å². The maximum atomic E-state index is 12.4. The SMILES string of the molecule is COc1ccc(C(C)(C)C)cc1NC(=O)Cc1ccc(Cl)cc1Cl. The van der Waals surface area contributed by atoms with E-state index in [9.17, 15) is 4.79 Å². The molecule has 0 unspecified atom stereocenters. The van der Waals surface area contributed by atoms with Crippen molar-refractivity contribution in [2.24, 2.45) is 0 Å². The van der Waals surface area contributed by atoms with Gasteiger partial charge >= 0.3 is 0 Å². The van der Waals surface area contributed by atoms with Gasteiger partial charge in [0.1, 0.15) is 5.75 Å². The molecule has 0 aromatic heterocycles. The van der Waals surface area contributed by atoms with E-state index in [0.29, 0.717) is 21.5 Å². The molecule has 0 radical (unpaired) electrons. The number of hydrogen-bond acceptors (Lipinski definition) is 2. The van der Waals surface area contributed by atoms with Gasteiger partial charge in [-0.1, -0.05) is 56.1 Å². The lowest BCUT2D eigenvalue weighted by molar-refractivity contribution is -0.115. The molecule has 0 spiro atoms. The summed E-state index contributed by atoms with van der Waals surface area (Å²) < 4.78 is 5.35. The summed E-state index contributed by atoms with van der Waals surface area (Å²) in [6, 6.07) is 10.9. The van der Waals surface area contributed by atoms with Crippen molar-refractivity contribution in [3.8, 4) is 5.75 Å². The van der Waals surface area contributed by atoms with Crippen molar-refractivity contribution in [2.75, 3.05) is 12.4 Å². The second kappa shape index (κ2) is 7.45. The Morgan fingerprint density at radius 2 is 1.83 bits per heavy atom. The van der Waals surface area contributed by atoms with E-state index in [2.05, 4.69) is 26.1 Å². The fraction of sp³-hybridized carbons (Fsp3) is 0.316. The molecule has 2 rings (SSSR count). The van der Waals surface area contributed by atoms with Crippen molar-refractivity contribution in [3.63, 3.8) is 0 Å². The number of halogens is 2. The first-order valence-corrected chi connectivity index (χ1v) is 8.38. The van der Waals surface area contributed by atoms with Gasteiger partial charge in [0.05, 0.1) is 19.2 Å². The average molecular weight is 366 g/mol. The molecule has 0 atom stereocenters. The van der Waals surface area contributed by atoms with Crippen LogP contribution in [0.5, 0.6) is 5.75 Å². The smallest absolute Gasteiger partial charge is 0.228 e. The number of ether oxygens (including phenoxy) is 1. The van der Waals surface area contributed by atoms with Crippen molar-refractivity contribution in [1.82, 2.24) is 0 Å². The summed E-state index contributed by atoms with van der Waals surface area (Å²) in [7, 11) is 1.58. The quantitative estimate of drug-likeness (QED) is 0.778. The second-order valence-corrected chi connectivity index (χ2v) is 7.47. The van der Waals surface area contributed by atoms with Gasteiger partial charge in [-0.2, -0.15) is 0 Å². The Hall–Kier alpha value is -1.71. The number of amides is 1. The summed E-state index contributed by atoms with van der Waals surface area (Å²) in [4.78, 5) is 12.4. The highest BCUT2D eigenvalue weighted by Crippen LogP contribution is 2.31. The maximum Gasteiger partial charge on any atom is 0.228 e. The zero-order valence-electron chi connectivity index (χ0n) is 14.2. The van der Waals surface area contributed by atoms with Crippen LogP contribution in [0, 0.1) is 0 Å². The van der Waals surface area contributed by atoms with Gasteiger partial charge in [-0.05, 0) is 40.8 Å². The molecule has 128 valence electrons. The Morgan fingerprint density at radius 3 is 2.42 bits per heavy atom. The first kappa shape index (κ1) is 18.6. The number of hydrogen-bond donors (Lipinski definition) is 1. The normalized spacial score (nSPS) is 11.2. The van der Waals surface area contributed by atoms with Gasteiger partial charge in [0, 0.05) is 10.0 Å².